The summed E-state index contributed by atoms with van der Waals surface area (Å²) in [4.78, 5) is 1.61. The van der Waals surface area contributed by atoms with Gasteiger partial charge in [-0.2, -0.15) is 18.4 Å². The highest BCUT2D eigenvalue weighted by atomic mass is 35.5. The monoisotopic (exact) mass is 436 g/mol. The number of hydrogen-bond acceptors (Lipinski definition) is 5. The summed E-state index contributed by atoms with van der Waals surface area (Å²) in [5.41, 5.74) is 1.53. The Hall–Kier alpha value is -2.74. The van der Waals surface area contributed by atoms with E-state index in [-0.39, 0.29) is 15.8 Å². The van der Waals surface area contributed by atoms with E-state index in [1.54, 1.807) is 36.4 Å². The highest BCUT2D eigenvalue weighted by Crippen LogP contribution is 2.34. The second-order valence-corrected chi connectivity index (χ2v) is 8.18. The van der Waals surface area contributed by atoms with Gasteiger partial charge < -0.3 is 10.2 Å². The molecule has 3 rings (SSSR count). The van der Waals surface area contributed by atoms with E-state index in [1.165, 1.54) is 18.2 Å². The number of sulfonamides is 1. The Morgan fingerprint density at radius 3 is 2.14 bits per heavy atom. The molecule has 0 aromatic heterocycles. The predicted molar refractivity (Wildman–Crippen MR) is 109 cm³/mol. The molecular weight excluding hydrogens is 423 g/mol. The summed E-state index contributed by atoms with van der Waals surface area (Å²) >= 11 is 11.7. The molecule has 0 bridgehead atoms. The number of phenolic OH excluding ortho intramolecular Hbond substituents is 2. The molecule has 0 aliphatic rings. The number of phenols is 2. The second-order valence-electron chi connectivity index (χ2n) is 5.70. The van der Waals surface area contributed by atoms with Crippen LogP contribution in [0.4, 0.5) is 0 Å². The maximum Gasteiger partial charge on any atom is 0.280 e. The fraction of sp³-hybridized carbons (Fsp3) is 0. The topological polar surface area (TPSA) is 99.0 Å². The Balaban J connectivity index is 2.05. The smallest absolute Gasteiger partial charge is 0.280 e. The fourth-order valence-corrected chi connectivity index (χ4v) is 3.98. The molecule has 3 aromatic carbocycles. The van der Waals surface area contributed by atoms with Crippen LogP contribution < -0.4 is 4.83 Å². The summed E-state index contributed by atoms with van der Waals surface area (Å²) in [5.74, 6) is -0.560. The molecule has 0 radical (unpaired) electrons. The molecule has 0 aliphatic carbocycles. The molecule has 9 heteroatoms. The number of halogens is 2. The average molecular weight is 437 g/mol. The first-order valence-electron chi connectivity index (χ1n) is 7.90. The summed E-state index contributed by atoms with van der Waals surface area (Å²) in [7, 11) is -4.26. The Morgan fingerprint density at radius 2 is 1.50 bits per heavy atom. The van der Waals surface area contributed by atoms with Gasteiger partial charge in [-0.25, -0.2) is 0 Å². The van der Waals surface area contributed by atoms with Gasteiger partial charge in [-0.3, -0.25) is 0 Å². The van der Waals surface area contributed by atoms with E-state index in [4.69, 9.17) is 23.2 Å². The zero-order valence-electron chi connectivity index (χ0n) is 14.2. The van der Waals surface area contributed by atoms with Gasteiger partial charge in [0.05, 0.1) is 10.7 Å². The van der Waals surface area contributed by atoms with Crippen molar-refractivity contribution in [1.29, 1.82) is 0 Å². The number of aromatic hydroxyl groups is 2. The van der Waals surface area contributed by atoms with Crippen LogP contribution in [-0.4, -0.2) is 24.3 Å². The molecule has 28 heavy (non-hydrogen) atoms. The van der Waals surface area contributed by atoms with Crippen LogP contribution in [0.1, 0.15) is 11.1 Å². The van der Waals surface area contributed by atoms with Crippen molar-refractivity contribution >= 4 is 38.9 Å². The fourth-order valence-electron chi connectivity index (χ4n) is 2.41. The lowest BCUT2D eigenvalue weighted by atomic mass is 10.0. The largest absolute Gasteiger partial charge is 0.508 e. The lowest BCUT2D eigenvalue weighted by Gasteiger charge is -2.11. The van der Waals surface area contributed by atoms with E-state index in [1.807, 2.05) is 6.07 Å². The first-order chi connectivity index (χ1) is 13.3. The molecule has 0 heterocycles. The standard InChI is InChI=1S/C19H14Cl2N2O4S/c20-14-10-16(21)19(25)17(11-14)28(26,27)23-22-18(12-4-2-1-3-5-12)13-6-8-15(24)9-7-13/h1-11,23-25H/b22-18+. The average Bonchev–Trinajstić information content (AvgIpc) is 2.67. The Morgan fingerprint density at radius 1 is 0.893 bits per heavy atom. The molecule has 0 saturated heterocycles. The number of benzene rings is 3. The molecular formula is C19H14Cl2N2O4S. The van der Waals surface area contributed by atoms with Gasteiger partial charge in [0.1, 0.15) is 10.6 Å². The number of hydrogen-bond donors (Lipinski definition) is 3. The minimum absolute atomic E-state index is 0.0500. The van der Waals surface area contributed by atoms with Crippen LogP contribution in [-0.2, 0) is 10.0 Å². The molecule has 3 N–H and O–H groups in total. The summed E-state index contributed by atoms with van der Waals surface area (Å²) < 4.78 is 25.3. The molecule has 6 nitrogen and oxygen atoms in total. The third kappa shape index (κ3) is 4.39. The minimum atomic E-state index is -4.26. The van der Waals surface area contributed by atoms with Crippen LogP contribution in [0.15, 0.2) is 76.7 Å². The number of hydrazone groups is 1. The normalized spacial score (nSPS) is 12.0. The lowest BCUT2D eigenvalue weighted by molar-refractivity contribution is 0.458. The lowest BCUT2D eigenvalue weighted by Crippen LogP contribution is -2.21. The molecule has 0 fully saturated rings. The molecule has 0 amide bonds. The second kappa shape index (κ2) is 8.10. The quantitative estimate of drug-likeness (QED) is 0.413. The molecule has 0 unspecified atom stereocenters. The highest BCUT2D eigenvalue weighted by Gasteiger charge is 2.22. The third-order valence-electron chi connectivity index (χ3n) is 3.75. The molecule has 0 aliphatic heterocycles. The number of nitrogens with one attached hydrogen (secondary N) is 1. The van der Waals surface area contributed by atoms with Gasteiger partial charge in [0, 0.05) is 16.1 Å². The zero-order chi connectivity index (χ0) is 20.3. The molecule has 0 saturated carbocycles. The summed E-state index contributed by atoms with van der Waals surface area (Å²) in [6.45, 7) is 0. The van der Waals surface area contributed by atoms with Crippen LogP contribution in [0.3, 0.4) is 0 Å². The zero-order valence-corrected chi connectivity index (χ0v) is 16.5. The first-order valence-corrected chi connectivity index (χ1v) is 10.1. The summed E-state index contributed by atoms with van der Waals surface area (Å²) in [6.07, 6.45) is 0. The van der Waals surface area contributed by atoms with Gasteiger partial charge in [-0.05, 0) is 36.4 Å². The van der Waals surface area contributed by atoms with Gasteiger partial charge in [0.2, 0.25) is 0 Å². The Labute approximate surface area is 171 Å². The van der Waals surface area contributed by atoms with Gasteiger partial charge >= 0.3 is 0 Å². The van der Waals surface area contributed by atoms with Gasteiger partial charge in [-0.1, -0.05) is 53.5 Å². The van der Waals surface area contributed by atoms with Crippen LogP contribution in [0, 0.1) is 0 Å². The van der Waals surface area contributed by atoms with Gasteiger partial charge in [0.25, 0.3) is 10.0 Å². The van der Waals surface area contributed by atoms with E-state index >= 15 is 0 Å². The Kier molecular flexibility index (Phi) is 5.79. The van der Waals surface area contributed by atoms with Crippen molar-refractivity contribution in [3.05, 3.63) is 87.9 Å². The molecule has 0 spiro atoms. The van der Waals surface area contributed by atoms with Crippen LogP contribution in [0.25, 0.3) is 0 Å². The van der Waals surface area contributed by atoms with Crippen LogP contribution in [0.5, 0.6) is 11.5 Å². The van der Waals surface area contributed by atoms with Crippen molar-refractivity contribution in [2.45, 2.75) is 4.90 Å². The molecule has 144 valence electrons. The van der Waals surface area contributed by atoms with Gasteiger partial charge in [-0.15, -0.1) is 0 Å². The van der Waals surface area contributed by atoms with E-state index < -0.39 is 20.7 Å². The van der Waals surface area contributed by atoms with Crippen LogP contribution in [0.2, 0.25) is 10.0 Å². The number of rotatable bonds is 5. The SMILES string of the molecule is O=S(=O)(N/N=C(\c1ccccc1)c1ccc(O)cc1)c1cc(Cl)cc(Cl)c1O. The predicted octanol–water partition coefficient (Wildman–Crippen LogP) is 4.14. The summed E-state index contributed by atoms with van der Waals surface area (Å²) in [5, 5.41) is 23.4. The van der Waals surface area contributed by atoms with Crippen LogP contribution >= 0.6 is 23.2 Å². The summed E-state index contributed by atoms with van der Waals surface area (Å²) in [6, 6.07) is 17.3. The van der Waals surface area contributed by atoms with Gasteiger partial charge in [0.15, 0.2) is 5.75 Å². The number of nitrogens with zero attached hydrogens (tertiary/aromatic N) is 1. The van der Waals surface area contributed by atoms with Crippen molar-refractivity contribution in [2.24, 2.45) is 5.10 Å². The Bertz CT molecular complexity index is 1130. The van der Waals surface area contributed by atoms with Crippen molar-refractivity contribution in [3.63, 3.8) is 0 Å². The van der Waals surface area contributed by atoms with Crippen molar-refractivity contribution in [3.8, 4) is 11.5 Å². The third-order valence-corrected chi connectivity index (χ3v) is 5.48. The van der Waals surface area contributed by atoms with Crippen molar-refractivity contribution in [2.75, 3.05) is 0 Å². The van der Waals surface area contributed by atoms with Crippen molar-refractivity contribution in [1.82, 2.24) is 4.83 Å². The maximum absolute atomic E-state index is 12.6. The van der Waals surface area contributed by atoms with E-state index in [2.05, 4.69) is 9.93 Å². The molecule has 3 aromatic rings. The highest BCUT2D eigenvalue weighted by molar-refractivity contribution is 7.89. The maximum atomic E-state index is 12.6. The van der Waals surface area contributed by atoms with E-state index in [0.717, 1.165) is 6.07 Å². The van der Waals surface area contributed by atoms with E-state index in [9.17, 15) is 18.6 Å². The molecule has 0 atom stereocenters. The van der Waals surface area contributed by atoms with E-state index in [0.29, 0.717) is 16.8 Å². The van der Waals surface area contributed by atoms with Crippen molar-refractivity contribution < 1.29 is 18.6 Å². The minimum Gasteiger partial charge on any atom is -0.508 e. The first kappa shape index (κ1) is 20.0.